The van der Waals surface area contributed by atoms with Crippen LogP contribution in [-0.2, 0) is 23.3 Å². The molecule has 0 radical (unpaired) electrons. The van der Waals surface area contributed by atoms with Gasteiger partial charge in [0.05, 0.1) is 6.04 Å². The van der Waals surface area contributed by atoms with Crippen LogP contribution in [0.2, 0.25) is 0 Å². The zero-order chi connectivity index (χ0) is 31.1. The van der Waals surface area contributed by atoms with Crippen molar-refractivity contribution in [1.82, 2.24) is 0 Å². The van der Waals surface area contributed by atoms with E-state index in [9.17, 15) is 0 Å². The van der Waals surface area contributed by atoms with Gasteiger partial charge in [0, 0.05) is 65.6 Å². The minimum Gasteiger partial charge on any atom is -1.00 e. The number of allylic oxidation sites excluding steroid dienone is 5. The number of aromatic nitrogens is 1. The standard InChI is InChI=1S/C40H43ClN3.ClH/c1-39(2)33-11-7-9-13-35(33)42(5)37(39)21-19-31(20-22-38-40(3,4)34-12-8-10-14-36(34)43(38)6)32-23-25-44(26-24-32)28-30-17-15-29(27-41)16-18-30;/h7-26,37H,27-28H2,1-6H3;1H/q+1;/p-1/b21-19+;. The Balaban J connectivity index is 0.00000400. The van der Waals surface area contributed by atoms with Crippen molar-refractivity contribution in [2.45, 2.75) is 57.0 Å². The van der Waals surface area contributed by atoms with E-state index in [1.54, 1.807) is 0 Å². The average molecular weight is 637 g/mol. The molecule has 0 amide bonds. The van der Waals surface area contributed by atoms with E-state index in [0.717, 1.165) is 12.1 Å². The molecule has 3 heterocycles. The Labute approximate surface area is 280 Å². The lowest BCUT2D eigenvalue weighted by molar-refractivity contribution is -0.688. The second-order valence-electron chi connectivity index (χ2n) is 13.2. The van der Waals surface area contributed by atoms with E-state index in [2.05, 4.69) is 178 Å². The summed E-state index contributed by atoms with van der Waals surface area (Å²) in [6.45, 7) is 10.2. The summed E-state index contributed by atoms with van der Waals surface area (Å²) >= 11 is 5.99. The molecule has 232 valence electrons. The molecule has 3 aromatic carbocycles. The smallest absolute Gasteiger partial charge is 0.173 e. The van der Waals surface area contributed by atoms with Crippen LogP contribution in [0.25, 0.3) is 5.57 Å². The number of benzene rings is 3. The third-order valence-corrected chi connectivity index (χ3v) is 10.0. The summed E-state index contributed by atoms with van der Waals surface area (Å²) in [5, 5.41) is 0. The molecule has 6 rings (SSSR count). The fourth-order valence-corrected chi connectivity index (χ4v) is 7.28. The number of anilines is 2. The molecule has 0 fully saturated rings. The van der Waals surface area contributed by atoms with E-state index in [-0.39, 0.29) is 29.3 Å². The quantitative estimate of drug-likeness (QED) is 0.144. The Morgan fingerprint density at radius 2 is 1.40 bits per heavy atom. The first kappa shape index (κ1) is 32.6. The molecule has 0 N–H and O–H groups in total. The second kappa shape index (κ2) is 12.9. The maximum absolute atomic E-state index is 5.99. The lowest BCUT2D eigenvalue weighted by atomic mass is 9.80. The number of pyridine rings is 1. The van der Waals surface area contributed by atoms with Crippen molar-refractivity contribution in [3.63, 3.8) is 0 Å². The van der Waals surface area contributed by atoms with Crippen LogP contribution in [0, 0.1) is 0 Å². The van der Waals surface area contributed by atoms with E-state index >= 15 is 0 Å². The first-order valence-corrected chi connectivity index (χ1v) is 16.0. The van der Waals surface area contributed by atoms with E-state index in [1.165, 1.54) is 44.9 Å². The summed E-state index contributed by atoms with van der Waals surface area (Å²) in [7, 11) is 4.40. The van der Waals surface area contributed by atoms with Gasteiger partial charge in [-0.3, -0.25) is 0 Å². The van der Waals surface area contributed by atoms with Gasteiger partial charge in [-0.25, -0.2) is 4.57 Å². The zero-order valence-electron chi connectivity index (χ0n) is 27.1. The maximum atomic E-state index is 5.99. The molecule has 0 spiro atoms. The van der Waals surface area contributed by atoms with Crippen LogP contribution >= 0.6 is 11.6 Å². The van der Waals surface area contributed by atoms with Crippen molar-refractivity contribution in [3.8, 4) is 0 Å². The summed E-state index contributed by atoms with van der Waals surface area (Å²) in [4.78, 5) is 4.76. The van der Waals surface area contributed by atoms with Crippen LogP contribution in [-0.4, -0.2) is 20.1 Å². The molecular formula is C40H43Cl2N3. The van der Waals surface area contributed by atoms with Crippen LogP contribution in [0.1, 0.15) is 55.5 Å². The number of halogens is 2. The van der Waals surface area contributed by atoms with E-state index in [0.29, 0.717) is 5.88 Å². The van der Waals surface area contributed by atoms with Gasteiger partial charge in [0.15, 0.2) is 18.9 Å². The maximum Gasteiger partial charge on any atom is 0.173 e. The van der Waals surface area contributed by atoms with Crippen molar-refractivity contribution < 1.29 is 17.0 Å². The van der Waals surface area contributed by atoms with Gasteiger partial charge in [0.1, 0.15) is 0 Å². The SMILES string of the molecule is CN1/C(=C/C=C(/C=C/C2N(C)c3ccccc3C2(C)C)c2cc[n+](Cc3ccc(CCl)cc3)cc2)C(C)(C)c2ccccc21.[Cl-]. The van der Waals surface area contributed by atoms with Crippen LogP contribution in [0.5, 0.6) is 0 Å². The lowest BCUT2D eigenvalue weighted by Gasteiger charge is -2.29. The number of hydrogen-bond acceptors (Lipinski definition) is 2. The highest BCUT2D eigenvalue weighted by atomic mass is 35.5. The topological polar surface area (TPSA) is 10.4 Å². The van der Waals surface area contributed by atoms with Gasteiger partial charge < -0.3 is 22.2 Å². The van der Waals surface area contributed by atoms with Gasteiger partial charge in [0.2, 0.25) is 0 Å². The van der Waals surface area contributed by atoms with Gasteiger partial charge in [0.25, 0.3) is 0 Å². The molecule has 0 saturated carbocycles. The Bertz CT molecular complexity index is 1750. The van der Waals surface area contributed by atoms with Gasteiger partial charge in [-0.15, -0.1) is 11.6 Å². The molecule has 4 aromatic rings. The van der Waals surface area contributed by atoms with E-state index < -0.39 is 0 Å². The first-order valence-electron chi connectivity index (χ1n) is 15.5. The molecule has 1 atom stereocenters. The fraction of sp³-hybridized carbons (Fsp3) is 0.275. The highest BCUT2D eigenvalue weighted by molar-refractivity contribution is 6.17. The third kappa shape index (κ3) is 6.09. The molecule has 0 aliphatic carbocycles. The zero-order valence-corrected chi connectivity index (χ0v) is 28.6. The molecule has 5 heteroatoms. The molecule has 1 unspecified atom stereocenters. The van der Waals surface area contributed by atoms with Crippen molar-refractivity contribution in [2.75, 3.05) is 23.9 Å². The number of rotatable bonds is 7. The van der Waals surface area contributed by atoms with Gasteiger partial charge in [-0.05, 0) is 46.0 Å². The Hall–Kier alpha value is -3.79. The van der Waals surface area contributed by atoms with Crippen LogP contribution in [0.4, 0.5) is 11.4 Å². The van der Waals surface area contributed by atoms with Crippen molar-refractivity contribution in [1.29, 1.82) is 0 Å². The van der Waals surface area contributed by atoms with E-state index in [1.807, 2.05) is 0 Å². The third-order valence-electron chi connectivity index (χ3n) is 9.72. The highest BCUT2D eigenvalue weighted by Crippen LogP contribution is 2.47. The predicted molar refractivity (Wildman–Crippen MR) is 186 cm³/mol. The Morgan fingerprint density at radius 1 is 0.800 bits per heavy atom. The Morgan fingerprint density at radius 3 is 2.02 bits per heavy atom. The van der Waals surface area contributed by atoms with Gasteiger partial charge in [-0.1, -0.05) is 107 Å². The Kier molecular flexibility index (Phi) is 9.35. The first-order chi connectivity index (χ1) is 21.1. The molecule has 2 aliphatic heterocycles. The molecule has 0 bridgehead atoms. The van der Waals surface area contributed by atoms with Gasteiger partial charge >= 0.3 is 0 Å². The second-order valence-corrected chi connectivity index (χ2v) is 13.5. The predicted octanol–water partition coefficient (Wildman–Crippen LogP) is 5.81. The molecule has 45 heavy (non-hydrogen) atoms. The minimum atomic E-state index is -0.0787. The van der Waals surface area contributed by atoms with Crippen LogP contribution < -0.4 is 26.8 Å². The van der Waals surface area contributed by atoms with Crippen LogP contribution in [0.3, 0.4) is 0 Å². The monoisotopic (exact) mass is 635 g/mol. The normalized spacial score (nSPS) is 19.1. The average Bonchev–Trinajstić information content (AvgIpc) is 3.35. The number of fused-ring (bicyclic) bond motifs is 2. The van der Waals surface area contributed by atoms with Crippen molar-refractivity contribution >= 4 is 28.5 Å². The van der Waals surface area contributed by atoms with Crippen molar-refractivity contribution in [2.24, 2.45) is 0 Å². The summed E-state index contributed by atoms with van der Waals surface area (Å²) in [5.41, 5.74) is 11.4. The molecule has 2 aliphatic rings. The number of nitrogens with zero attached hydrogens (tertiary/aromatic N) is 3. The summed E-state index contributed by atoms with van der Waals surface area (Å²) in [6, 6.07) is 30.8. The number of para-hydroxylation sites is 2. The number of hydrogen-bond donors (Lipinski definition) is 0. The summed E-state index contributed by atoms with van der Waals surface area (Å²) in [6.07, 6.45) is 13.7. The summed E-state index contributed by atoms with van der Waals surface area (Å²) < 4.78 is 2.23. The van der Waals surface area contributed by atoms with Crippen LogP contribution in [0.15, 0.2) is 127 Å². The molecular weight excluding hydrogens is 593 g/mol. The van der Waals surface area contributed by atoms with Gasteiger partial charge in [-0.2, -0.15) is 0 Å². The molecule has 3 nitrogen and oxygen atoms in total. The number of alkyl halides is 1. The molecule has 1 aromatic heterocycles. The lowest BCUT2D eigenvalue weighted by Crippen LogP contribution is -3.00. The highest BCUT2D eigenvalue weighted by Gasteiger charge is 2.41. The largest absolute Gasteiger partial charge is 1.00 e. The fourth-order valence-electron chi connectivity index (χ4n) is 7.10. The number of likely N-dealkylation sites (N-methyl/N-ethyl adjacent to an activating group) is 2. The molecule has 0 saturated heterocycles. The van der Waals surface area contributed by atoms with E-state index in [4.69, 9.17) is 11.6 Å². The summed E-state index contributed by atoms with van der Waals surface area (Å²) in [5.74, 6) is 0.542. The minimum absolute atomic E-state index is 0. The van der Waals surface area contributed by atoms with Crippen molar-refractivity contribution in [3.05, 3.63) is 155 Å².